The monoisotopic (exact) mass is 269 g/mol. The minimum absolute atomic E-state index is 0.469. The van der Waals surface area contributed by atoms with Crippen LogP contribution in [0.2, 0.25) is 0 Å². The van der Waals surface area contributed by atoms with Crippen LogP contribution in [0.15, 0.2) is 0 Å². The van der Waals surface area contributed by atoms with Gasteiger partial charge in [0, 0.05) is 37.5 Å². The number of hydrogen-bond donors (Lipinski definition) is 1. The standard InChI is InChI=1S/C13H23N3OS/c1-10(2)13-11(9-14)18-12(15-13)3-4-16-5-7-17-8-6-16/h10H,3-9,14H2,1-2H3. The van der Waals surface area contributed by atoms with E-state index < -0.39 is 0 Å². The van der Waals surface area contributed by atoms with Crippen molar-refractivity contribution in [3.05, 3.63) is 15.6 Å². The van der Waals surface area contributed by atoms with Crippen LogP contribution in [0.5, 0.6) is 0 Å². The average Bonchev–Trinajstić information content (AvgIpc) is 2.81. The molecular formula is C13H23N3OS. The second-order valence-electron chi connectivity index (χ2n) is 4.98. The van der Waals surface area contributed by atoms with Gasteiger partial charge in [-0.15, -0.1) is 11.3 Å². The van der Waals surface area contributed by atoms with Crippen LogP contribution in [0.4, 0.5) is 0 Å². The molecule has 18 heavy (non-hydrogen) atoms. The first kappa shape index (κ1) is 13.9. The van der Waals surface area contributed by atoms with Crippen molar-refractivity contribution in [2.75, 3.05) is 32.8 Å². The third kappa shape index (κ3) is 3.51. The third-order valence-corrected chi connectivity index (χ3v) is 4.40. The molecular weight excluding hydrogens is 246 g/mol. The fourth-order valence-electron chi connectivity index (χ4n) is 2.20. The molecule has 0 aromatic carbocycles. The predicted octanol–water partition coefficient (Wildman–Crippen LogP) is 1.60. The number of ether oxygens (including phenoxy) is 1. The number of hydrogen-bond acceptors (Lipinski definition) is 5. The van der Waals surface area contributed by atoms with E-state index in [4.69, 9.17) is 15.5 Å². The van der Waals surface area contributed by atoms with Crippen molar-refractivity contribution in [3.63, 3.8) is 0 Å². The van der Waals surface area contributed by atoms with Gasteiger partial charge in [-0.1, -0.05) is 13.8 Å². The normalized spacial score (nSPS) is 17.6. The summed E-state index contributed by atoms with van der Waals surface area (Å²) in [7, 11) is 0. The Morgan fingerprint density at radius 1 is 1.39 bits per heavy atom. The van der Waals surface area contributed by atoms with Gasteiger partial charge in [-0.3, -0.25) is 4.90 Å². The lowest BCUT2D eigenvalue weighted by molar-refractivity contribution is 0.0384. The molecule has 2 heterocycles. The molecule has 0 atom stereocenters. The summed E-state index contributed by atoms with van der Waals surface area (Å²) in [5.41, 5.74) is 6.98. The van der Waals surface area contributed by atoms with Crippen molar-refractivity contribution in [2.24, 2.45) is 5.73 Å². The molecule has 0 bridgehead atoms. The number of rotatable bonds is 5. The van der Waals surface area contributed by atoms with Gasteiger partial charge in [0.05, 0.1) is 23.9 Å². The number of aromatic nitrogens is 1. The van der Waals surface area contributed by atoms with E-state index in [1.807, 2.05) is 0 Å². The molecule has 4 nitrogen and oxygen atoms in total. The van der Waals surface area contributed by atoms with Gasteiger partial charge in [0.1, 0.15) is 0 Å². The van der Waals surface area contributed by atoms with E-state index in [0.29, 0.717) is 12.5 Å². The van der Waals surface area contributed by atoms with Gasteiger partial charge < -0.3 is 10.5 Å². The Hall–Kier alpha value is -0.490. The van der Waals surface area contributed by atoms with Gasteiger partial charge >= 0.3 is 0 Å². The van der Waals surface area contributed by atoms with Crippen molar-refractivity contribution in [1.29, 1.82) is 0 Å². The summed E-state index contributed by atoms with van der Waals surface area (Å²) < 4.78 is 5.35. The van der Waals surface area contributed by atoms with Crippen LogP contribution in [0, 0.1) is 0 Å². The molecule has 2 N–H and O–H groups in total. The van der Waals surface area contributed by atoms with Crippen LogP contribution in [0.1, 0.15) is 35.3 Å². The lowest BCUT2D eigenvalue weighted by atomic mass is 10.1. The number of thiazole rings is 1. The predicted molar refractivity (Wildman–Crippen MR) is 75.1 cm³/mol. The third-order valence-electron chi connectivity index (χ3n) is 3.25. The minimum Gasteiger partial charge on any atom is -0.379 e. The summed E-state index contributed by atoms with van der Waals surface area (Å²) in [6.45, 7) is 9.88. The van der Waals surface area contributed by atoms with Crippen LogP contribution in [-0.4, -0.2) is 42.7 Å². The number of nitrogens with two attached hydrogens (primary N) is 1. The van der Waals surface area contributed by atoms with E-state index in [1.54, 1.807) is 11.3 Å². The van der Waals surface area contributed by atoms with Gasteiger partial charge in [-0.25, -0.2) is 4.98 Å². The Morgan fingerprint density at radius 3 is 2.67 bits per heavy atom. The lowest BCUT2D eigenvalue weighted by Crippen LogP contribution is -2.37. The minimum atomic E-state index is 0.469. The first-order valence-electron chi connectivity index (χ1n) is 6.69. The van der Waals surface area contributed by atoms with Crippen LogP contribution in [-0.2, 0) is 17.7 Å². The maximum Gasteiger partial charge on any atom is 0.0944 e. The molecule has 0 saturated carbocycles. The van der Waals surface area contributed by atoms with Crippen molar-refractivity contribution in [1.82, 2.24) is 9.88 Å². The summed E-state index contributed by atoms with van der Waals surface area (Å²) in [4.78, 5) is 8.44. The molecule has 1 saturated heterocycles. The van der Waals surface area contributed by atoms with Crippen LogP contribution >= 0.6 is 11.3 Å². The van der Waals surface area contributed by atoms with Gasteiger partial charge in [0.2, 0.25) is 0 Å². The molecule has 0 unspecified atom stereocenters. The molecule has 0 aliphatic carbocycles. The SMILES string of the molecule is CC(C)c1nc(CCN2CCOCC2)sc1CN. The maximum atomic E-state index is 5.78. The fourth-order valence-corrected chi connectivity index (χ4v) is 3.29. The van der Waals surface area contributed by atoms with Crippen molar-refractivity contribution in [2.45, 2.75) is 32.7 Å². The van der Waals surface area contributed by atoms with E-state index in [1.165, 1.54) is 15.6 Å². The highest BCUT2D eigenvalue weighted by atomic mass is 32.1. The molecule has 1 fully saturated rings. The van der Waals surface area contributed by atoms with E-state index >= 15 is 0 Å². The van der Waals surface area contributed by atoms with E-state index in [2.05, 4.69) is 18.7 Å². The number of nitrogens with zero attached hydrogens (tertiary/aromatic N) is 2. The van der Waals surface area contributed by atoms with Crippen molar-refractivity contribution < 1.29 is 4.74 Å². The molecule has 0 radical (unpaired) electrons. The second kappa shape index (κ2) is 6.61. The number of morpholine rings is 1. The molecule has 0 amide bonds. The topological polar surface area (TPSA) is 51.4 Å². The Balaban J connectivity index is 1.92. The maximum absolute atomic E-state index is 5.78. The summed E-state index contributed by atoms with van der Waals surface area (Å²) in [5, 5.41) is 1.23. The van der Waals surface area contributed by atoms with Gasteiger partial charge in [-0.2, -0.15) is 0 Å². The molecule has 102 valence electrons. The zero-order valence-corrected chi connectivity index (χ0v) is 12.1. The molecule has 1 aliphatic rings. The second-order valence-corrected chi connectivity index (χ2v) is 6.15. The van der Waals surface area contributed by atoms with E-state index in [-0.39, 0.29) is 0 Å². The van der Waals surface area contributed by atoms with E-state index in [9.17, 15) is 0 Å². The largest absolute Gasteiger partial charge is 0.379 e. The molecule has 1 aromatic rings. The highest BCUT2D eigenvalue weighted by molar-refractivity contribution is 7.11. The Kier molecular flexibility index (Phi) is 5.12. The average molecular weight is 269 g/mol. The Morgan fingerprint density at radius 2 is 2.11 bits per heavy atom. The highest BCUT2D eigenvalue weighted by Gasteiger charge is 2.15. The summed E-state index contributed by atoms with van der Waals surface area (Å²) in [6, 6.07) is 0. The molecule has 1 aliphatic heterocycles. The van der Waals surface area contributed by atoms with Crippen molar-refractivity contribution in [3.8, 4) is 0 Å². The van der Waals surface area contributed by atoms with Crippen LogP contribution in [0.25, 0.3) is 0 Å². The zero-order chi connectivity index (χ0) is 13.0. The Labute approximate surface area is 113 Å². The van der Waals surface area contributed by atoms with Gasteiger partial charge in [-0.05, 0) is 5.92 Å². The van der Waals surface area contributed by atoms with Crippen LogP contribution < -0.4 is 5.73 Å². The first-order chi connectivity index (χ1) is 8.70. The quantitative estimate of drug-likeness (QED) is 0.882. The van der Waals surface area contributed by atoms with Gasteiger partial charge in [0.25, 0.3) is 0 Å². The lowest BCUT2D eigenvalue weighted by Gasteiger charge is -2.26. The Bertz CT molecular complexity index is 372. The van der Waals surface area contributed by atoms with Crippen molar-refractivity contribution >= 4 is 11.3 Å². The fraction of sp³-hybridized carbons (Fsp3) is 0.769. The summed E-state index contributed by atoms with van der Waals surface area (Å²) in [6.07, 6.45) is 1.03. The summed E-state index contributed by atoms with van der Waals surface area (Å²) in [5.74, 6) is 0.469. The van der Waals surface area contributed by atoms with Crippen LogP contribution in [0.3, 0.4) is 0 Å². The molecule has 1 aromatic heterocycles. The molecule has 2 rings (SSSR count). The smallest absolute Gasteiger partial charge is 0.0944 e. The zero-order valence-electron chi connectivity index (χ0n) is 11.3. The molecule has 0 spiro atoms. The van der Waals surface area contributed by atoms with E-state index in [0.717, 1.165) is 39.3 Å². The summed E-state index contributed by atoms with van der Waals surface area (Å²) >= 11 is 1.78. The van der Waals surface area contributed by atoms with Gasteiger partial charge in [0.15, 0.2) is 0 Å². The first-order valence-corrected chi connectivity index (χ1v) is 7.51. The highest BCUT2D eigenvalue weighted by Crippen LogP contribution is 2.25. The molecule has 5 heteroatoms.